The standard InChI is InChI=1S/C19H26N2O2/c1-22-18-9-5-6-10-19(18)23-16-15-21(14-12-20)13-11-17-7-3-2-4-8-17/h2-10H,11-16,20H2,1H3. The highest BCUT2D eigenvalue weighted by Crippen LogP contribution is 2.25. The molecule has 0 aliphatic rings. The van der Waals surface area contributed by atoms with Gasteiger partial charge in [-0.3, -0.25) is 4.90 Å². The predicted molar refractivity (Wildman–Crippen MR) is 94.1 cm³/mol. The molecule has 0 bridgehead atoms. The maximum absolute atomic E-state index is 5.85. The zero-order valence-corrected chi connectivity index (χ0v) is 13.8. The Hall–Kier alpha value is -2.04. The summed E-state index contributed by atoms with van der Waals surface area (Å²) in [7, 11) is 1.66. The van der Waals surface area contributed by atoms with Gasteiger partial charge in [0.05, 0.1) is 7.11 Å². The van der Waals surface area contributed by atoms with Crippen molar-refractivity contribution in [2.24, 2.45) is 5.73 Å². The summed E-state index contributed by atoms with van der Waals surface area (Å²) in [5, 5.41) is 0. The smallest absolute Gasteiger partial charge is 0.161 e. The molecule has 0 saturated heterocycles. The lowest BCUT2D eigenvalue weighted by molar-refractivity contribution is 0.209. The van der Waals surface area contributed by atoms with Gasteiger partial charge in [-0.05, 0) is 24.1 Å². The van der Waals surface area contributed by atoms with Gasteiger partial charge in [0.15, 0.2) is 11.5 Å². The highest BCUT2D eigenvalue weighted by atomic mass is 16.5. The van der Waals surface area contributed by atoms with Crippen molar-refractivity contribution in [3.8, 4) is 11.5 Å². The van der Waals surface area contributed by atoms with Crippen LogP contribution in [-0.4, -0.2) is 44.8 Å². The molecule has 2 rings (SSSR count). The summed E-state index contributed by atoms with van der Waals surface area (Å²) in [5.41, 5.74) is 7.07. The molecule has 2 aromatic carbocycles. The van der Waals surface area contributed by atoms with E-state index in [-0.39, 0.29) is 0 Å². The topological polar surface area (TPSA) is 47.7 Å². The first-order valence-electron chi connectivity index (χ1n) is 8.05. The molecule has 0 saturated carbocycles. The summed E-state index contributed by atoms with van der Waals surface area (Å²) in [6.45, 7) is 3.99. The maximum atomic E-state index is 5.85. The van der Waals surface area contributed by atoms with Crippen LogP contribution in [0.3, 0.4) is 0 Å². The van der Waals surface area contributed by atoms with Crippen LogP contribution in [0.2, 0.25) is 0 Å². The fourth-order valence-electron chi connectivity index (χ4n) is 2.47. The van der Waals surface area contributed by atoms with E-state index in [0.717, 1.165) is 37.6 Å². The van der Waals surface area contributed by atoms with Gasteiger partial charge in [-0.25, -0.2) is 0 Å². The SMILES string of the molecule is COc1ccccc1OCCN(CCN)CCc1ccccc1. The summed E-state index contributed by atoms with van der Waals surface area (Å²) in [4.78, 5) is 2.34. The number of methoxy groups -OCH3 is 1. The second-order valence-corrected chi connectivity index (χ2v) is 5.37. The monoisotopic (exact) mass is 314 g/mol. The van der Waals surface area contributed by atoms with Crippen molar-refractivity contribution >= 4 is 0 Å². The molecule has 0 amide bonds. The lowest BCUT2D eigenvalue weighted by Crippen LogP contribution is -2.34. The van der Waals surface area contributed by atoms with Crippen LogP contribution in [0.25, 0.3) is 0 Å². The van der Waals surface area contributed by atoms with E-state index >= 15 is 0 Å². The first kappa shape index (κ1) is 17.3. The molecule has 124 valence electrons. The Morgan fingerprint density at radius 2 is 1.57 bits per heavy atom. The van der Waals surface area contributed by atoms with Crippen LogP contribution in [0.15, 0.2) is 54.6 Å². The minimum Gasteiger partial charge on any atom is -0.493 e. The van der Waals surface area contributed by atoms with E-state index in [4.69, 9.17) is 15.2 Å². The van der Waals surface area contributed by atoms with Crippen molar-refractivity contribution in [1.29, 1.82) is 0 Å². The Kier molecular flexibility index (Phi) is 7.43. The van der Waals surface area contributed by atoms with Crippen LogP contribution in [0.5, 0.6) is 11.5 Å². The third-order valence-corrected chi connectivity index (χ3v) is 3.74. The summed E-state index contributed by atoms with van der Waals surface area (Å²) in [6, 6.07) is 18.2. The third-order valence-electron chi connectivity index (χ3n) is 3.74. The number of benzene rings is 2. The van der Waals surface area contributed by atoms with E-state index in [1.807, 2.05) is 30.3 Å². The molecule has 2 N–H and O–H groups in total. The molecule has 2 aromatic rings. The Morgan fingerprint density at radius 1 is 0.870 bits per heavy atom. The molecule has 0 radical (unpaired) electrons. The summed E-state index contributed by atoms with van der Waals surface area (Å²) < 4.78 is 11.1. The molecule has 4 heteroatoms. The lowest BCUT2D eigenvalue weighted by Gasteiger charge is -2.22. The van der Waals surface area contributed by atoms with Gasteiger partial charge >= 0.3 is 0 Å². The van der Waals surface area contributed by atoms with Crippen LogP contribution in [0.1, 0.15) is 5.56 Å². The molecule has 0 fully saturated rings. The van der Waals surface area contributed by atoms with E-state index in [2.05, 4.69) is 29.2 Å². The number of hydrogen-bond donors (Lipinski definition) is 1. The normalized spacial score (nSPS) is 10.7. The van der Waals surface area contributed by atoms with Crippen LogP contribution in [-0.2, 0) is 6.42 Å². The highest BCUT2D eigenvalue weighted by molar-refractivity contribution is 5.39. The van der Waals surface area contributed by atoms with E-state index in [9.17, 15) is 0 Å². The molecule has 0 aliphatic heterocycles. The molecule has 4 nitrogen and oxygen atoms in total. The number of ether oxygens (including phenoxy) is 2. The van der Waals surface area contributed by atoms with E-state index < -0.39 is 0 Å². The minimum absolute atomic E-state index is 0.620. The first-order chi connectivity index (χ1) is 11.3. The highest BCUT2D eigenvalue weighted by Gasteiger charge is 2.07. The number of nitrogens with two attached hydrogens (primary N) is 1. The van der Waals surface area contributed by atoms with Crippen molar-refractivity contribution in [3.05, 3.63) is 60.2 Å². The van der Waals surface area contributed by atoms with Gasteiger partial charge in [-0.2, -0.15) is 0 Å². The van der Waals surface area contributed by atoms with E-state index in [1.165, 1.54) is 5.56 Å². The lowest BCUT2D eigenvalue weighted by atomic mass is 10.1. The van der Waals surface area contributed by atoms with Crippen LogP contribution < -0.4 is 15.2 Å². The van der Waals surface area contributed by atoms with Crippen LogP contribution in [0, 0.1) is 0 Å². The average molecular weight is 314 g/mol. The molecule has 23 heavy (non-hydrogen) atoms. The van der Waals surface area contributed by atoms with Crippen LogP contribution in [0.4, 0.5) is 0 Å². The number of hydrogen-bond acceptors (Lipinski definition) is 4. The molecule has 0 aromatic heterocycles. The minimum atomic E-state index is 0.620. The molecule has 0 spiro atoms. The summed E-state index contributed by atoms with van der Waals surface area (Å²) in [6.07, 6.45) is 1.02. The second kappa shape index (κ2) is 9.87. The number of para-hydroxylation sites is 2. The van der Waals surface area contributed by atoms with Gasteiger partial charge in [-0.1, -0.05) is 42.5 Å². The Labute approximate surface area is 138 Å². The number of nitrogens with zero attached hydrogens (tertiary/aromatic N) is 1. The Balaban J connectivity index is 1.80. The largest absolute Gasteiger partial charge is 0.493 e. The van der Waals surface area contributed by atoms with Gasteiger partial charge in [0.25, 0.3) is 0 Å². The molecule has 0 aliphatic carbocycles. The molecule has 0 heterocycles. The number of rotatable bonds is 10. The third kappa shape index (κ3) is 5.93. The molecular formula is C19H26N2O2. The van der Waals surface area contributed by atoms with Crippen molar-refractivity contribution < 1.29 is 9.47 Å². The maximum Gasteiger partial charge on any atom is 0.161 e. The molecule has 0 unspecified atom stereocenters. The summed E-state index contributed by atoms with van der Waals surface area (Å²) in [5.74, 6) is 1.55. The van der Waals surface area contributed by atoms with Crippen molar-refractivity contribution in [3.63, 3.8) is 0 Å². The molecule has 0 atom stereocenters. The van der Waals surface area contributed by atoms with Gasteiger partial charge in [-0.15, -0.1) is 0 Å². The second-order valence-electron chi connectivity index (χ2n) is 5.37. The summed E-state index contributed by atoms with van der Waals surface area (Å²) >= 11 is 0. The van der Waals surface area contributed by atoms with Crippen molar-refractivity contribution in [1.82, 2.24) is 4.90 Å². The van der Waals surface area contributed by atoms with Gasteiger partial charge in [0, 0.05) is 26.2 Å². The quantitative estimate of drug-likeness (QED) is 0.732. The molecular weight excluding hydrogens is 288 g/mol. The van der Waals surface area contributed by atoms with E-state index in [0.29, 0.717) is 13.2 Å². The fourth-order valence-corrected chi connectivity index (χ4v) is 2.47. The predicted octanol–water partition coefficient (Wildman–Crippen LogP) is 2.58. The van der Waals surface area contributed by atoms with Crippen molar-refractivity contribution in [2.45, 2.75) is 6.42 Å². The Morgan fingerprint density at radius 3 is 2.26 bits per heavy atom. The zero-order chi connectivity index (χ0) is 16.3. The van der Waals surface area contributed by atoms with Crippen molar-refractivity contribution in [2.75, 3.05) is 39.9 Å². The average Bonchev–Trinajstić information content (AvgIpc) is 2.61. The van der Waals surface area contributed by atoms with Gasteiger partial charge < -0.3 is 15.2 Å². The van der Waals surface area contributed by atoms with Gasteiger partial charge in [0.2, 0.25) is 0 Å². The van der Waals surface area contributed by atoms with E-state index in [1.54, 1.807) is 7.11 Å². The Bertz CT molecular complexity index is 560. The van der Waals surface area contributed by atoms with Crippen LogP contribution >= 0.6 is 0 Å². The fraction of sp³-hybridized carbons (Fsp3) is 0.368. The zero-order valence-electron chi connectivity index (χ0n) is 13.8. The van der Waals surface area contributed by atoms with Gasteiger partial charge in [0.1, 0.15) is 6.61 Å². The first-order valence-corrected chi connectivity index (χ1v) is 8.05.